The molecule has 0 spiro atoms. The second-order valence-corrected chi connectivity index (χ2v) is 7.63. The van der Waals surface area contributed by atoms with Crippen LogP contribution in [-0.4, -0.2) is 58.7 Å². The zero-order valence-electron chi connectivity index (χ0n) is 17.6. The van der Waals surface area contributed by atoms with Crippen molar-refractivity contribution >= 4 is 17.4 Å². The number of nitrogen functional groups attached to an aromatic ring is 1. The number of hydrogen-bond acceptors (Lipinski definition) is 6. The molecule has 1 aliphatic rings. The van der Waals surface area contributed by atoms with E-state index in [2.05, 4.69) is 4.98 Å². The zero-order valence-corrected chi connectivity index (χ0v) is 17.6. The van der Waals surface area contributed by atoms with Crippen LogP contribution in [-0.2, 0) is 16.1 Å². The van der Waals surface area contributed by atoms with Crippen LogP contribution < -0.4 is 21.9 Å². The number of aromatic amines is 1. The van der Waals surface area contributed by atoms with E-state index in [1.54, 1.807) is 6.92 Å². The average Bonchev–Trinajstić information content (AvgIpc) is 2.71. The van der Waals surface area contributed by atoms with Crippen LogP contribution in [0.3, 0.4) is 0 Å². The van der Waals surface area contributed by atoms with E-state index in [0.29, 0.717) is 13.2 Å². The molecular weight excluding hydrogens is 386 g/mol. The Morgan fingerprint density at radius 2 is 1.97 bits per heavy atom. The van der Waals surface area contributed by atoms with Crippen LogP contribution in [0.1, 0.15) is 26.3 Å². The Bertz CT molecular complexity index is 1000. The Hall–Kier alpha value is -2.91. The van der Waals surface area contributed by atoms with E-state index in [9.17, 15) is 14.4 Å². The second kappa shape index (κ2) is 9.27. The first-order chi connectivity index (χ1) is 14.3. The van der Waals surface area contributed by atoms with Crippen LogP contribution in [0.4, 0.5) is 11.5 Å². The van der Waals surface area contributed by atoms with Crippen LogP contribution in [0.2, 0.25) is 0 Å². The molecule has 2 atom stereocenters. The number of nitrogens with one attached hydrogen (secondary N) is 1. The molecular formula is C21H29N5O4. The number of rotatable bonds is 6. The van der Waals surface area contributed by atoms with Crippen LogP contribution in [0.25, 0.3) is 0 Å². The fourth-order valence-corrected chi connectivity index (χ4v) is 3.67. The highest BCUT2D eigenvalue weighted by Crippen LogP contribution is 2.19. The summed E-state index contributed by atoms with van der Waals surface area (Å²) in [5, 5.41) is 0. The van der Waals surface area contributed by atoms with Gasteiger partial charge in [-0.1, -0.05) is 30.3 Å². The van der Waals surface area contributed by atoms with E-state index in [-0.39, 0.29) is 49.2 Å². The number of H-pyrrole nitrogens is 1. The summed E-state index contributed by atoms with van der Waals surface area (Å²) in [5.74, 6) is -0.272. The third kappa shape index (κ3) is 4.63. The SMILES string of the molecule is CCN(C(=O)CN1CC(C)OCC1C)c1c(N)n(Cc2ccccc2)c(=O)[nH]c1=O. The van der Waals surface area contributed by atoms with Crippen molar-refractivity contribution in [1.29, 1.82) is 0 Å². The first kappa shape index (κ1) is 21.8. The third-order valence-electron chi connectivity index (χ3n) is 5.36. The number of morpholine rings is 1. The summed E-state index contributed by atoms with van der Waals surface area (Å²) in [4.78, 5) is 43.8. The number of amides is 1. The van der Waals surface area contributed by atoms with Gasteiger partial charge in [-0.3, -0.25) is 24.0 Å². The van der Waals surface area contributed by atoms with E-state index in [1.165, 1.54) is 9.47 Å². The zero-order chi connectivity index (χ0) is 21.8. The summed E-state index contributed by atoms with van der Waals surface area (Å²) in [5.41, 5.74) is 5.83. The van der Waals surface area contributed by atoms with Gasteiger partial charge in [0.15, 0.2) is 5.69 Å². The minimum absolute atomic E-state index is 0.00647. The Morgan fingerprint density at radius 3 is 2.63 bits per heavy atom. The maximum atomic E-state index is 13.1. The number of likely N-dealkylation sites (N-methyl/N-ethyl adjacent to an activating group) is 1. The lowest BCUT2D eigenvalue weighted by molar-refractivity contribution is -0.123. The van der Waals surface area contributed by atoms with Crippen molar-refractivity contribution < 1.29 is 9.53 Å². The number of carbonyl (C=O) groups excluding carboxylic acids is 1. The molecule has 2 aromatic rings. The van der Waals surface area contributed by atoms with Gasteiger partial charge >= 0.3 is 5.69 Å². The second-order valence-electron chi connectivity index (χ2n) is 7.63. The Kier molecular flexibility index (Phi) is 6.73. The number of anilines is 2. The van der Waals surface area contributed by atoms with Crippen molar-refractivity contribution in [2.75, 3.05) is 36.9 Å². The van der Waals surface area contributed by atoms with Gasteiger partial charge in [0.1, 0.15) is 5.82 Å². The molecule has 1 saturated heterocycles. The van der Waals surface area contributed by atoms with Crippen LogP contribution >= 0.6 is 0 Å². The van der Waals surface area contributed by atoms with Crippen molar-refractivity contribution in [2.24, 2.45) is 0 Å². The number of nitrogens with two attached hydrogens (primary N) is 1. The molecule has 1 aromatic carbocycles. The van der Waals surface area contributed by atoms with Crippen LogP contribution in [0.5, 0.6) is 0 Å². The summed E-state index contributed by atoms with van der Waals surface area (Å²) >= 11 is 0. The minimum atomic E-state index is -0.666. The molecule has 9 nitrogen and oxygen atoms in total. The fourth-order valence-electron chi connectivity index (χ4n) is 3.67. The monoisotopic (exact) mass is 415 g/mol. The van der Waals surface area contributed by atoms with Gasteiger partial charge in [0.05, 0.1) is 25.8 Å². The summed E-state index contributed by atoms with van der Waals surface area (Å²) in [6.45, 7) is 7.49. The van der Waals surface area contributed by atoms with Gasteiger partial charge in [0.25, 0.3) is 5.56 Å². The molecule has 3 N–H and O–H groups in total. The number of ether oxygens (including phenoxy) is 1. The number of nitrogens with zero attached hydrogens (tertiary/aromatic N) is 3. The number of benzene rings is 1. The predicted molar refractivity (Wildman–Crippen MR) is 116 cm³/mol. The van der Waals surface area contributed by atoms with Gasteiger partial charge in [-0.25, -0.2) is 4.79 Å². The van der Waals surface area contributed by atoms with E-state index in [0.717, 1.165) is 5.56 Å². The molecule has 162 valence electrons. The first-order valence-corrected chi connectivity index (χ1v) is 10.1. The van der Waals surface area contributed by atoms with E-state index < -0.39 is 11.2 Å². The molecule has 30 heavy (non-hydrogen) atoms. The van der Waals surface area contributed by atoms with Gasteiger partial charge < -0.3 is 15.4 Å². The largest absolute Gasteiger partial charge is 0.383 e. The number of aromatic nitrogens is 2. The van der Waals surface area contributed by atoms with Crippen molar-refractivity contribution in [3.8, 4) is 0 Å². The molecule has 2 heterocycles. The molecule has 2 unspecified atom stereocenters. The van der Waals surface area contributed by atoms with E-state index in [4.69, 9.17) is 10.5 Å². The van der Waals surface area contributed by atoms with Crippen molar-refractivity contribution in [3.63, 3.8) is 0 Å². The average molecular weight is 415 g/mol. The summed E-state index contributed by atoms with van der Waals surface area (Å²) < 4.78 is 6.90. The highest BCUT2D eigenvalue weighted by molar-refractivity contribution is 5.96. The van der Waals surface area contributed by atoms with Gasteiger partial charge in [-0.2, -0.15) is 0 Å². The van der Waals surface area contributed by atoms with Gasteiger partial charge in [-0.05, 0) is 26.3 Å². The molecule has 1 aliphatic heterocycles. The third-order valence-corrected chi connectivity index (χ3v) is 5.36. The highest BCUT2D eigenvalue weighted by atomic mass is 16.5. The quantitative estimate of drug-likeness (QED) is 0.715. The number of hydrogen-bond donors (Lipinski definition) is 2. The molecule has 0 aliphatic carbocycles. The van der Waals surface area contributed by atoms with Crippen molar-refractivity contribution in [1.82, 2.24) is 14.5 Å². The fraction of sp³-hybridized carbons (Fsp3) is 0.476. The molecule has 9 heteroatoms. The topological polar surface area (TPSA) is 114 Å². The number of carbonyl (C=O) groups is 1. The molecule has 0 saturated carbocycles. The maximum Gasteiger partial charge on any atom is 0.330 e. The van der Waals surface area contributed by atoms with Crippen molar-refractivity contribution in [3.05, 3.63) is 56.7 Å². The van der Waals surface area contributed by atoms with Crippen molar-refractivity contribution in [2.45, 2.75) is 39.5 Å². The van der Waals surface area contributed by atoms with Gasteiger partial charge in [-0.15, -0.1) is 0 Å². The van der Waals surface area contributed by atoms with Crippen LogP contribution in [0.15, 0.2) is 39.9 Å². The summed E-state index contributed by atoms with van der Waals surface area (Å²) in [7, 11) is 0. The first-order valence-electron chi connectivity index (χ1n) is 10.1. The van der Waals surface area contributed by atoms with E-state index in [1.807, 2.05) is 49.1 Å². The standard InChI is InChI=1S/C21H29N5O4/c1-4-25(17(27)12-24-10-15(3)30-13-14(24)2)18-19(22)26(21(29)23-20(18)28)11-16-8-6-5-7-9-16/h5-9,14-15H,4,10-13,22H2,1-3H3,(H,23,28,29). The molecule has 1 fully saturated rings. The highest BCUT2D eigenvalue weighted by Gasteiger charge is 2.29. The Balaban J connectivity index is 1.92. The lowest BCUT2D eigenvalue weighted by atomic mass is 10.2. The molecule has 1 aromatic heterocycles. The minimum Gasteiger partial charge on any atom is -0.383 e. The normalized spacial score (nSPS) is 19.6. The summed E-state index contributed by atoms with van der Waals surface area (Å²) in [6.07, 6.45) is 0.0327. The maximum absolute atomic E-state index is 13.1. The van der Waals surface area contributed by atoms with Gasteiger partial charge in [0, 0.05) is 19.1 Å². The van der Waals surface area contributed by atoms with Gasteiger partial charge in [0.2, 0.25) is 5.91 Å². The summed E-state index contributed by atoms with van der Waals surface area (Å²) in [6, 6.07) is 9.40. The molecule has 0 radical (unpaired) electrons. The predicted octanol–water partition coefficient (Wildman–Crippen LogP) is 0.629. The molecule has 0 bridgehead atoms. The molecule has 1 amide bonds. The smallest absolute Gasteiger partial charge is 0.330 e. The lowest BCUT2D eigenvalue weighted by Crippen LogP contribution is -2.52. The Morgan fingerprint density at radius 1 is 1.27 bits per heavy atom. The van der Waals surface area contributed by atoms with Crippen LogP contribution in [0, 0.1) is 0 Å². The Labute approximate surface area is 175 Å². The molecule has 3 rings (SSSR count). The lowest BCUT2D eigenvalue weighted by Gasteiger charge is -2.37. The van der Waals surface area contributed by atoms with E-state index >= 15 is 0 Å².